The molecule has 0 amide bonds. The molecule has 0 radical (unpaired) electrons. The molecule has 0 bridgehead atoms. The normalized spacial score (nSPS) is 23.9. The number of benzene rings is 1. The summed E-state index contributed by atoms with van der Waals surface area (Å²) >= 11 is 1.80. The van der Waals surface area contributed by atoms with E-state index in [-0.39, 0.29) is 6.04 Å². The first-order valence-electron chi connectivity index (χ1n) is 6.39. The molecule has 3 heteroatoms. The van der Waals surface area contributed by atoms with Gasteiger partial charge < -0.3 is 11.1 Å². The monoisotopic (exact) mass is 258 g/mol. The van der Waals surface area contributed by atoms with Crippen LogP contribution in [0.3, 0.4) is 0 Å². The van der Waals surface area contributed by atoms with E-state index in [1.807, 2.05) is 0 Å². The third kappa shape index (κ3) is 2.09. The van der Waals surface area contributed by atoms with E-state index in [1.165, 1.54) is 16.0 Å². The Morgan fingerprint density at radius 2 is 2.00 bits per heavy atom. The summed E-state index contributed by atoms with van der Waals surface area (Å²) in [5.41, 5.74) is 8.86. The summed E-state index contributed by atoms with van der Waals surface area (Å²) in [4.78, 5) is 1.38. The lowest BCUT2D eigenvalue weighted by Crippen LogP contribution is -2.23. The van der Waals surface area contributed by atoms with E-state index in [0.29, 0.717) is 12.1 Å². The second-order valence-electron chi connectivity index (χ2n) is 4.93. The van der Waals surface area contributed by atoms with Crippen molar-refractivity contribution in [2.45, 2.75) is 31.5 Å². The molecule has 2 unspecified atom stereocenters. The zero-order chi connectivity index (χ0) is 12.5. The molecule has 1 aromatic carbocycles. The molecule has 0 fully saturated rings. The summed E-state index contributed by atoms with van der Waals surface area (Å²) in [5.74, 6) is 0. The van der Waals surface area contributed by atoms with Crippen LogP contribution in [0.15, 0.2) is 41.8 Å². The van der Waals surface area contributed by atoms with Gasteiger partial charge in [-0.2, -0.15) is 0 Å². The van der Waals surface area contributed by atoms with Gasteiger partial charge in [0.15, 0.2) is 0 Å². The van der Waals surface area contributed by atoms with Crippen LogP contribution in [0.2, 0.25) is 0 Å². The summed E-state index contributed by atoms with van der Waals surface area (Å²) < 4.78 is 0. The lowest BCUT2D eigenvalue weighted by atomic mass is 10.1. The molecular formula is C15H18N2S. The van der Waals surface area contributed by atoms with Crippen LogP contribution in [0.5, 0.6) is 0 Å². The summed E-state index contributed by atoms with van der Waals surface area (Å²) in [5, 5.41) is 5.83. The second kappa shape index (κ2) is 4.84. The fraction of sp³-hybridized carbons (Fsp3) is 0.333. The maximum Gasteiger partial charge on any atom is 0.0391 e. The first-order chi connectivity index (χ1) is 8.75. The highest BCUT2D eigenvalue weighted by molar-refractivity contribution is 7.10. The molecule has 94 valence electrons. The molecular weight excluding hydrogens is 240 g/mol. The Kier molecular flexibility index (Phi) is 3.20. The van der Waals surface area contributed by atoms with Crippen LogP contribution in [-0.4, -0.2) is 0 Å². The van der Waals surface area contributed by atoms with E-state index in [0.717, 1.165) is 6.42 Å². The number of rotatable bonds is 3. The molecule has 0 spiro atoms. The number of thiophene rings is 1. The average Bonchev–Trinajstić information content (AvgIpc) is 3.00. The van der Waals surface area contributed by atoms with E-state index in [9.17, 15) is 0 Å². The Bertz CT molecular complexity index is 521. The standard InChI is InChI=1S/C15H18N2S/c1-10(15-7-4-8-18-15)17-14-9-13(16)11-5-2-3-6-12(11)14/h2-8,10,13-14,17H,9,16H2,1H3/t10-,13?,14?/m1/s1. The number of hydrogen-bond donors (Lipinski definition) is 2. The van der Waals surface area contributed by atoms with Gasteiger partial charge in [-0.15, -0.1) is 11.3 Å². The quantitative estimate of drug-likeness (QED) is 0.883. The Morgan fingerprint density at radius 1 is 1.22 bits per heavy atom. The van der Waals surface area contributed by atoms with E-state index >= 15 is 0 Å². The van der Waals surface area contributed by atoms with Crippen LogP contribution >= 0.6 is 11.3 Å². The maximum absolute atomic E-state index is 6.19. The number of nitrogens with two attached hydrogens (primary N) is 1. The van der Waals surface area contributed by atoms with Crippen molar-refractivity contribution in [1.29, 1.82) is 0 Å². The van der Waals surface area contributed by atoms with Gasteiger partial charge in [-0.1, -0.05) is 30.3 Å². The lowest BCUT2D eigenvalue weighted by Gasteiger charge is -2.19. The van der Waals surface area contributed by atoms with E-state index < -0.39 is 0 Å². The molecule has 1 aliphatic carbocycles. The van der Waals surface area contributed by atoms with Crippen molar-refractivity contribution < 1.29 is 0 Å². The van der Waals surface area contributed by atoms with Crippen molar-refractivity contribution in [1.82, 2.24) is 5.32 Å². The minimum Gasteiger partial charge on any atom is -0.324 e. The van der Waals surface area contributed by atoms with Crippen molar-refractivity contribution in [3.63, 3.8) is 0 Å². The molecule has 3 atom stereocenters. The van der Waals surface area contributed by atoms with E-state index in [1.54, 1.807) is 11.3 Å². The van der Waals surface area contributed by atoms with Gasteiger partial charge in [-0.3, -0.25) is 0 Å². The van der Waals surface area contributed by atoms with E-state index in [4.69, 9.17) is 5.73 Å². The van der Waals surface area contributed by atoms with Gasteiger partial charge in [-0.05, 0) is 35.9 Å². The minimum atomic E-state index is 0.175. The molecule has 2 nitrogen and oxygen atoms in total. The SMILES string of the molecule is C[C@@H](NC1CC(N)c2ccccc21)c1cccs1. The topological polar surface area (TPSA) is 38.0 Å². The van der Waals surface area contributed by atoms with Gasteiger partial charge in [0.1, 0.15) is 0 Å². The van der Waals surface area contributed by atoms with Gasteiger partial charge in [0.25, 0.3) is 0 Å². The van der Waals surface area contributed by atoms with Gasteiger partial charge in [0, 0.05) is 23.0 Å². The van der Waals surface area contributed by atoms with Crippen molar-refractivity contribution in [2.75, 3.05) is 0 Å². The highest BCUT2D eigenvalue weighted by atomic mass is 32.1. The fourth-order valence-electron chi connectivity index (χ4n) is 2.75. The molecule has 0 saturated heterocycles. The average molecular weight is 258 g/mol. The van der Waals surface area contributed by atoms with Crippen molar-refractivity contribution >= 4 is 11.3 Å². The first kappa shape index (κ1) is 11.9. The Labute approximate surface area is 112 Å². The smallest absolute Gasteiger partial charge is 0.0391 e. The van der Waals surface area contributed by atoms with Crippen LogP contribution in [0, 0.1) is 0 Å². The van der Waals surface area contributed by atoms with Gasteiger partial charge >= 0.3 is 0 Å². The summed E-state index contributed by atoms with van der Waals surface area (Å²) in [7, 11) is 0. The highest BCUT2D eigenvalue weighted by Gasteiger charge is 2.29. The first-order valence-corrected chi connectivity index (χ1v) is 7.27. The lowest BCUT2D eigenvalue weighted by molar-refractivity contribution is 0.449. The number of fused-ring (bicyclic) bond motifs is 1. The van der Waals surface area contributed by atoms with Crippen LogP contribution in [0.25, 0.3) is 0 Å². The van der Waals surface area contributed by atoms with Crippen LogP contribution in [0.4, 0.5) is 0 Å². The van der Waals surface area contributed by atoms with Crippen LogP contribution in [-0.2, 0) is 0 Å². The maximum atomic E-state index is 6.19. The van der Waals surface area contributed by atoms with Gasteiger partial charge in [0.05, 0.1) is 0 Å². The summed E-state index contributed by atoms with van der Waals surface area (Å²) in [6.45, 7) is 2.22. The molecule has 1 aliphatic rings. The summed E-state index contributed by atoms with van der Waals surface area (Å²) in [6.07, 6.45) is 0.995. The van der Waals surface area contributed by atoms with E-state index in [2.05, 4.69) is 54.0 Å². The third-order valence-electron chi connectivity index (χ3n) is 3.68. The largest absolute Gasteiger partial charge is 0.324 e. The molecule has 3 rings (SSSR count). The predicted molar refractivity (Wildman–Crippen MR) is 76.6 cm³/mol. The van der Waals surface area contributed by atoms with Gasteiger partial charge in [0.2, 0.25) is 0 Å². The molecule has 1 aromatic heterocycles. The third-order valence-corrected chi connectivity index (χ3v) is 4.74. The van der Waals surface area contributed by atoms with Crippen molar-refractivity contribution in [3.8, 4) is 0 Å². The fourth-order valence-corrected chi connectivity index (χ4v) is 3.50. The highest BCUT2D eigenvalue weighted by Crippen LogP contribution is 2.38. The zero-order valence-corrected chi connectivity index (χ0v) is 11.3. The number of hydrogen-bond acceptors (Lipinski definition) is 3. The van der Waals surface area contributed by atoms with Crippen molar-refractivity contribution in [3.05, 3.63) is 57.8 Å². The van der Waals surface area contributed by atoms with Gasteiger partial charge in [-0.25, -0.2) is 0 Å². The second-order valence-corrected chi connectivity index (χ2v) is 5.91. The molecule has 1 heterocycles. The van der Waals surface area contributed by atoms with Crippen LogP contribution in [0.1, 0.15) is 47.5 Å². The Morgan fingerprint density at radius 3 is 2.72 bits per heavy atom. The van der Waals surface area contributed by atoms with Crippen LogP contribution < -0.4 is 11.1 Å². The molecule has 18 heavy (non-hydrogen) atoms. The zero-order valence-electron chi connectivity index (χ0n) is 10.5. The minimum absolute atomic E-state index is 0.175. The predicted octanol–water partition coefficient (Wildman–Crippen LogP) is 3.54. The summed E-state index contributed by atoms with van der Waals surface area (Å²) in [6, 6.07) is 13.7. The molecule has 0 aliphatic heterocycles. The Hall–Kier alpha value is -1.16. The van der Waals surface area contributed by atoms with Crippen molar-refractivity contribution in [2.24, 2.45) is 5.73 Å². The Balaban J connectivity index is 1.79. The number of nitrogens with one attached hydrogen (secondary N) is 1. The molecule has 2 aromatic rings. The molecule has 3 N–H and O–H groups in total. The molecule has 0 saturated carbocycles.